The maximum atomic E-state index is 5.46. The van der Waals surface area contributed by atoms with Crippen molar-refractivity contribution >= 4 is 5.82 Å². The number of nitrogens with zero attached hydrogens (tertiary/aromatic N) is 1. The van der Waals surface area contributed by atoms with Gasteiger partial charge in [-0.2, -0.15) is 0 Å². The molecule has 1 heterocycles. The molecule has 0 unspecified atom stereocenters. The Kier molecular flexibility index (Phi) is 3.35. The van der Waals surface area contributed by atoms with Crippen LogP contribution in [0.15, 0.2) is 18.3 Å². The van der Waals surface area contributed by atoms with E-state index in [4.69, 9.17) is 10.5 Å². The minimum absolute atomic E-state index is 0.483. The average molecular weight is 167 g/mol. The van der Waals surface area contributed by atoms with Crippen molar-refractivity contribution in [2.45, 2.75) is 0 Å². The fourth-order valence-electron chi connectivity index (χ4n) is 0.789. The molecule has 3 N–H and O–H groups in total. The van der Waals surface area contributed by atoms with Gasteiger partial charge in [0.15, 0.2) is 0 Å². The van der Waals surface area contributed by atoms with Gasteiger partial charge in [-0.25, -0.2) is 4.98 Å². The second-order valence-corrected chi connectivity index (χ2v) is 2.37. The molecule has 0 aliphatic heterocycles. The Morgan fingerprint density at radius 1 is 1.67 bits per heavy atom. The molecule has 0 saturated carbocycles. The summed E-state index contributed by atoms with van der Waals surface area (Å²) < 4.78 is 5.34. The predicted molar refractivity (Wildman–Crippen MR) is 48.1 cm³/mol. The van der Waals surface area contributed by atoms with Crippen LogP contribution in [0.2, 0.25) is 0 Å². The van der Waals surface area contributed by atoms with Crippen LogP contribution in [0.1, 0.15) is 0 Å². The molecule has 66 valence electrons. The number of anilines is 1. The minimum Gasteiger partial charge on any atom is -0.492 e. The zero-order valence-electron chi connectivity index (χ0n) is 7.08. The lowest BCUT2D eigenvalue weighted by molar-refractivity contribution is 0.318. The van der Waals surface area contributed by atoms with Crippen molar-refractivity contribution in [1.29, 1.82) is 0 Å². The van der Waals surface area contributed by atoms with E-state index in [-0.39, 0.29) is 0 Å². The number of ether oxygens (including phenoxy) is 1. The van der Waals surface area contributed by atoms with Crippen LogP contribution in [-0.4, -0.2) is 25.2 Å². The zero-order chi connectivity index (χ0) is 8.81. The molecule has 0 saturated heterocycles. The Morgan fingerprint density at radius 2 is 2.50 bits per heavy atom. The Labute approximate surface area is 71.7 Å². The number of nitrogens with one attached hydrogen (secondary N) is 1. The normalized spacial score (nSPS) is 9.75. The predicted octanol–water partition coefficient (Wildman–Crippen LogP) is 0.262. The largest absolute Gasteiger partial charge is 0.492 e. The smallest absolute Gasteiger partial charge is 0.126 e. The lowest BCUT2D eigenvalue weighted by Crippen LogP contribution is -2.15. The van der Waals surface area contributed by atoms with Crippen LogP contribution in [0, 0.1) is 0 Å². The van der Waals surface area contributed by atoms with Gasteiger partial charge in [-0.15, -0.1) is 0 Å². The van der Waals surface area contributed by atoms with Crippen molar-refractivity contribution in [1.82, 2.24) is 10.3 Å². The third kappa shape index (κ3) is 2.75. The highest BCUT2D eigenvalue weighted by atomic mass is 16.5. The van der Waals surface area contributed by atoms with Crippen LogP contribution in [0.5, 0.6) is 5.75 Å². The quantitative estimate of drug-likeness (QED) is 0.631. The summed E-state index contributed by atoms with van der Waals surface area (Å²) >= 11 is 0. The Bertz CT molecular complexity index is 239. The molecule has 1 rings (SSSR count). The molecule has 12 heavy (non-hydrogen) atoms. The van der Waals surface area contributed by atoms with Gasteiger partial charge in [0.25, 0.3) is 0 Å². The molecule has 0 atom stereocenters. The van der Waals surface area contributed by atoms with Crippen molar-refractivity contribution in [3.05, 3.63) is 18.3 Å². The monoisotopic (exact) mass is 167 g/mol. The Balaban J connectivity index is 2.41. The van der Waals surface area contributed by atoms with E-state index in [2.05, 4.69) is 10.3 Å². The van der Waals surface area contributed by atoms with Gasteiger partial charge < -0.3 is 15.8 Å². The van der Waals surface area contributed by atoms with Crippen LogP contribution in [0.4, 0.5) is 5.82 Å². The molecule has 0 radical (unpaired) electrons. The standard InChI is InChI=1S/C8H13N3O/c1-10-4-5-12-7-2-3-11-8(9)6-7/h2-3,6,10H,4-5H2,1H3,(H2,9,11). The molecule has 4 nitrogen and oxygen atoms in total. The maximum Gasteiger partial charge on any atom is 0.126 e. The second kappa shape index (κ2) is 4.56. The number of hydrogen-bond acceptors (Lipinski definition) is 4. The zero-order valence-corrected chi connectivity index (χ0v) is 7.08. The molecule has 4 heteroatoms. The number of pyridine rings is 1. The van der Waals surface area contributed by atoms with Gasteiger partial charge in [-0.3, -0.25) is 0 Å². The van der Waals surface area contributed by atoms with E-state index in [1.807, 2.05) is 7.05 Å². The first-order chi connectivity index (χ1) is 5.83. The van der Waals surface area contributed by atoms with Crippen LogP contribution in [0.3, 0.4) is 0 Å². The summed E-state index contributed by atoms with van der Waals surface area (Å²) in [6.07, 6.45) is 1.63. The van der Waals surface area contributed by atoms with Crippen molar-refractivity contribution < 1.29 is 4.74 Å². The SMILES string of the molecule is CNCCOc1ccnc(N)c1. The molecule has 1 aromatic heterocycles. The molecule has 0 bridgehead atoms. The molecular formula is C8H13N3O. The number of likely N-dealkylation sites (N-methyl/N-ethyl adjacent to an activating group) is 1. The highest BCUT2D eigenvalue weighted by molar-refractivity contribution is 5.35. The summed E-state index contributed by atoms with van der Waals surface area (Å²) in [5.41, 5.74) is 5.46. The van der Waals surface area contributed by atoms with Crippen molar-refractivity contribution in [2.75, 3.05) is 25.9 Å². The van der Waals surface area contributed by atoms with E-state index in [0.717, 1.165) is 12.3 Å². The first kappa shape index (κ1) is 8.80. The highest BCUT2D eigenvalue weighted by Gasteiger charge is 1.93. The van der Waals surface area contributed by atoms with E-state index in [0.29, 0.717) is 12.4 Å². The molecule has 0 aromatic carbocycles. The summed E-state index contributed by atoms with van der Waals surface area (Å²) in [5, 5.41) is 2.98. The number of aromatic nitrogens is 1. The number of rotatable bonds is 4. The van der Waals surface area contributed by atoms with E-state index in [1.54, 1.807) is 18.3 Å². The van der Waals surface area contributed by atoms with Crippen molar-refractivity contribution in [3.8, 4) is 5.75 Å². The number of hydrogen-bond donors (Lipinski definition) is 2. The lowest BCUT2D eigenvalue weighted by atomic mass is 10.4. The summed E-state index contributed by atoms with van der Waals surface area (Å²) in [5.74, 6) is 1.25. The highest BCUT2D eigenvalue weighted by Crippen LogP contribution is 2.10. The summed E-state index contributed by atoms with van der Waals surface area (Å²) in [4.78, 5) is 3.85. The van der Waals surface area contributed by atoms with Gasteiger partial charge in [-0.05, 0) is 13.1 Å². The fourth-order valence-corrected chi connectivity index (χ4v) is 0.789. The van der Waals surface area contributed by atoms with E-state index in [9.17, 15) is 0 Å². The summed E-state index contributed by atoms with van der Waals surface area (Å²) in [6.45, 7) is 1.46. The molecule has 0 spiro atoms. The molecule has 0 aliphatic carbocycles. The Hall–Kier alpha value is -1.29. The second-order valence-electron chi connectivity index (χ2n) is 2.37. The van der Waals surface area contributed by atoms with Crippen molar-refractivity contribution in [2.24, 2.45) is 0 Å². The number of nitrogen functional groups attached to an aromatic ring is 1. The topological polar surface area (TPSA) is 60.2 Å². The average Bonchev–Trinajstić information content (AvgIpc) is 2.05. The fraction of sp³-hybridized carbons (Fsp3) is 0.375. The van der Waals surface area contributed by atoms with Crippen LogP contribution >= 0.6 is 0 Å². The molecule has 0 aliphatic rings. The van der Waals surface area contributed by atoms with Gasteiger partial charge in [-0.1, -0.05) is 0 Å². The first-order valence-corrected chi connectivity index (χ1v) is 3.82. The van der Waals surface area contributed by atoms with Crippen LogP contribution in [-0.2, 0) is 0 Å². The van der Waals surface area contributed by atoms with Crippen molar-refractivity contribution in [3.63, 3.8) is 0 Å². The molecular weight excluding hydrogens is 154 g/mol. The first-order valence-electron chi connectivity index (χ1n) is 3.82. The minimum atomic E-state index is 0.483. The van der Waals surface area contributed by atoms with Gasteiger partial charge in [0.1, 0.15) is 18.2 Å². The van der Waals surface area contributed by atoms with E-state index < -0.39 is 0 Å². The summed E-state index contributed by atoms with van der Waals surface area (Å²) in [6, 6.07) is 3.49. The van der Waals surface area contributed by atoms with E-state index >= 15 is 0 Å². The molecule has 1 aromatic rings. The summed E-state index contributed by atoms with van der Waals surface area (Å²) in [7, 11) is 1.88. The molecule has 0 fully saturated rings. The van der Waals surface area contributed by atoms with Gasteiger partial charge >= 0.3 is 0 Å². The lowest BCUT2D eigenvalue weighted by Gasteiger charge is -2.04. The van der Waals surface area contributed by atoms with Gasteiger partial charge in [0.05, 0.1) is 0 Å². The van der Waals surface area contributed by atoms with Crippen LogP contribution in [0.25, 0.3) is 0 Å². The maximum absolute atomic E-state index is 5.46. The van der Waals surface area contributed by atoms with Crippen LogP contribution < -0.4 is 15.8 Å². The van der Waals surface area contributed by atoms with Gasteiger partial charge in [0.2, 0.25) is 0 Å². The Morgan fingerprint density at radius 3 is 3.17 bits per heavy atom. The third-order valence-corrected chi connectivity index (χ3v) is 1.37. The third-order valence-electron chi connectivity index (χ3n) is 1.37. The van der Waals surface area contributed by atoms with Gasteiger partial charge in [0, 0.05) is 18.8 Å². The van der Waals surface area contributed by atoms with E-state index in [1.165, 1.54) is 0 Å². The number of nitrogens with two attached hydrogens (primary N) is 1. The molecule has 0 amide bonds.